The predicted molar refractivity (Wildman–Crippen MR) is 113 cm³/mol. The second kappa shape index (κ2) is 9.42. The molecule has 0 aliphatic carbocycles. The van der Waals surface area contributed by atoms with Crippen molar-refractivity contribution in [3.05, 3.63) is 65.2 Å². The van der Waals surface area contributed by atoms with Crippen LogP contribution in [0.3, 0.4) is 0 Å². The summed E-state index contributed by atoms with van der Waals surface area (Å²) in [5.74, 6) is 1.21. The molecule has 1 heterocycles. The Morgan fingerprint density at radius 3 is 2.77 bits per heavy atom. The number of fused-ring (bicyclic) bond motifs is 1. The van der Waals surface area contributed by atoms with Crippen LogP contribution in [0.4, 0.5) is 0 Å². The topological polar surface area (TPSA) is 88.7 Å². The number of hydrogen-bond acceptors (Lipinski definition) is 3. The molecule has 0 aromatic heterocycles. The maximum atomic E-state index is 11.2. The van der Waals surface area contributed by atoms with Crippen molar-refractivity contribution < 1.29 is 9.53 Å². The summed E-state index contributed by atoms with van der Waals surface area (Å²) in [5.41, 5.74) is 8.01. The number of guanidine groups is 1. The zero-order valence-electron chi connectivity index (χ0n) is 14.6. The van der Waals surface area contributed by atoms with Crippen LogP contribution in [0.15, 0.2) is 53.5 Å². The second-order valence-electron chi connectivity index (χ2n) is 5.92. The van der Waals surface area contributed by atoms with E-state index in [9.17, 15) is 4.79 Å². The number of nitrogens with zero attached hydrogens (tertiary/aromatic N) is 1. The number of carbonyl (C=O) groups excluding carboxylic acids is 1. The number of nitrogens with one attached hydrogen (secondary N) is 2. The van der Waals surface area contributed by atoms with Crippen LogP contribution in [0, 0.1) is 0 Å². The summed E-state index contributed by atoms with van der Waals surface area (Å²) >= 11 is 0. The van der Waals surface area contributed by atoms with Crippen LogP contribution in [-0.4, -0.2) is 31.6 Å². The lowest BCUT2D eigenvalue weighted by atomic mass is 10.1. The minimum Gasteiger partial charge on any atom is -0.488 e. The van der Waals surface area contributed by atoms with Gasteiger partial charge in [0.1, 0.15) is 11.9 Å². The van der Waals surface area contributed by atoms with Gasteiger partial charge in [-0.25, -0.2) is 0 Å². The Morgan fingerprint density at radius 2 is 2.04 bits per heavy atom. The number of nitrogens with two attached hydrogens (primary N) is 1. The van der Waals surface area contributed by atoms with E-state index in [4.69, 9.17) is 10.5 Å². The molecule has 0 bridgehead atoms. The number of primary amides is 1. The summed E-state index contributed by atoms with van der Waals surface area (Å²) in [7, 11) is 1.72. The molecule has 1 atom stereocenters. The lowest BCUT2D eigenvalue weighted by Gasteiger charge is -2.15. The molecule has 26 heavy (non-hydrogen) atoms. The van der Waals surface area contributed by atoms with Gasteiger partial charge in [0.05, 0.1) is 6.54 Å². The lowest BCUT2D eigenvalue weighted by Crippen LogP contribution is -2.41. The molecule has 0 saturated heterocycles. The fourth-order valence-electron chi connectivity index (χ4n) is 2.82. The van der Waals surface area contributed by atoms with Gasteiger partial charge in [-0.1, -0.05) is 30.3 Å². The Balaban J connectivity index is 0.00000243. The van der Waals surface area contributed by atoms with E-state index in [0.29, 0.717) is 24.6 Å². The van der Waals surface area contributed by atoms with Crippen molar-refractivity contribution in [3.8, 4) is 5.75 Å². The molecule has 0 radical (unpaired) electrons. The number of para-hydroxylation sites is 1. The summed E-state index contributed by atoms with van der Waals surface area (Å²) in [5, 5.41) is 6.50. The first kappa shape index (κ1) is 20.0. The summed E-state index contributed by atoms with van der Waals surface area (Å²) < 4.78 is 5.91. The summed E-state index contributed by atoms with van der Waals surface area (Å²) in [6.07, 6.45) is 0.982. The molecule has 2 aromatic rings. The van der Waals surface area contributed by atoms with Gasteiger partial charge in [-0.3, -0.25) is 9.79 Å². The van der Waals surface area contributed by atoms with E-state index in [1.54, 1.807) is 19.2 Å². The molecular formula is C19H23IN4O2. The fourth-order valence-corrected chi connectivity index (χ4v) is 2.82. The van der Waals surface area contributed by atoms with Gasteiger partial charge in [-0.05, 0) is 29.3 Å². The number of rotatable bonds is 5. The van der Waals surface area contributed by atoms with Crippen LogP contribution >= 0.6 is 24.0 Å². The van der Waals surface area contributed by atoms with Gasteiger partial charge in [0.15, 0.2) is 5.96 Å². The highest BCUT2D eigenvalue weighted by atomic mass is 127. The van der Waals surface area contributed by atoms with Crippen molar-refractivity contribution in [2.75, 3.05) is 13.6 Å². The third-order valence-electron chi connectivity index (χ3n) is 4.11. The Labute approximate surface area is 170 Å². The highest BCUT2D eigenvalue weighted by Gasteiger charge is 2.22. The first-order valence-electron chi connectivity index (χ1n) is 8.23. The maximum absolute atomic E-state index is 11.2. The molecule has 0 spiro atoms. The van der Waals surface area contributed by atoms with Crippen molar-refractivity contribution in [2.24, 2.45) is 10.7 Å². The smallest absolute Gasteiger partial charge is 0.248 e. The second-order valence-corrected chi connectivity index (χ2v) is 5.92. The van der Waals surface area contributed by atoms with Crippen LogP contribution in [-0.2, 0) is 13.0 Å². The molecular weight excluding hydrogens is 443 g/mol. The van der Waals surface area contributed by atoms with Gasteiger partial charge >= 0.3 is 0 Å². The van der Waals surface area contributed by atoms with Crippen molar-refractivity contribution in [2.45, 2.75) is 19.1 Å². The van der Waals surface area contributed by atoms with E-state index in [0.717, 1.165) is 17.7 Å². The van der Waals surface area contributed by atoms with E-state index in [1.165, 1.54) is 5.56 Å². The SMILES string of the molecule is CN=C(NCc1cccc(C(N)=O)c1)NCC1Cc2ccccc2O1.I. The summed E-state index contributed by atoms with van der Waals surface area (Å²) in [6.45, 7) is 1.21. The van der Waals surface area contributed by atoms with Crippen LogP contribution in [0.25, 0.3) is 0 Å². The third kappa shape index (κ3) is 5.10. The van der Waals surface area contributed by atoms with Gasteiger partial charge < -0.3 is 21.1 Å². The highest BCUT2D eigenvalue weighted by Crippen LogP contribution is 2.27. The molecule has 4 N–H and O–H groups in total. The average Bonchev–Trinajstić information content (AvgIpc) is 3.05. The van der Waals surface area contributed by atoms with Crippen LogP contribution in [0.1, 0.15) is 21.5 Å². The number of hydrogen-bond donors (Lipinski definition) is 3. The zero-order chi connectivity index (χ0) is 17.6. The Bertz CT molecular complexity index is 770. The van der Waals surface area contributed by atoms with Crippen molar-refractivity contribution in [1.82, 2.24) is 10.6 Å². The lowest BCUT2D eigenvalue weighted by molar-refractivity contribution is 0.1000. The minimum absolute atomic E-state index is 0. The first-order chi connectivity index (χ1) is 12.2. The number of benzene rings is 2. The maximum Gasteiger partial charge on any atom is 0.248 e. The monoisotopic (exact) mass is 466 g/mol. The molecule has 1 amide bonds. The molecule has 1 aliphatic rings. The normalized spacial score (nSPS) is 15.4. The van der Waals surface area contributed by atoms with E-state index < -0.39 is 5.91 Å². The molecule has 2 aromatic carbocycles. The first-order valence-corrected chi connectivity index (χ1v) is 8.23. The summed E-state index contributed by atoms with van der Waals surface area (Å²) in [6, 6.07) is 15.3. The minimum atomic E-state index is -0.428. The Kier molecular flexibility index (Phi) is 7.26. The van der Waals surface area contributed by atoms with Gasteiger partial charge in [0, 0.05) is 25.6 Å². The quantitative estimate of drug-likeness (QED) is 0.358. The summed E-state index contributed by atoms with van der Waals surface area (Å²) in [4.78, 5) is 15.5. The zero-order valence-corrected chi connectivity index (χ0v) is 16.9. The highest BCUT2D eigenvalue weighted by molar-refractivity contribution is 14.0. The van der Waals surface area contributed by atoms with Crippen LogP contribution < -0.4 is 21.1 Å². The van der Waals surface area contributed by atoms with Gasteiger partial charge in [-0.15, -0.1) is 24.0 Å². The van der Waals surface area contributed by atoms with Crippen LogP contribution in [0.5, 0.6) is 5.75 Å². The number of amides is 1. The number of aliphatic imine (C=N–C) groups is 1. The number of carbonyl (C=O) groups is 1. The molecule has 6 nitrogen and oxygen atoms in total. The third-order valence-corrected chi connectivity index (χ3v) is 4.11. The molecule has 138 valence electrons. The van der Waals surface area contributed by atoms with Crippen LogP contribution in [0.2, 0.25) is 0 Å². The average molecular weight is 466 g/mol. The number of halogens is 1. The fraction of sp³-hybridized carbons (Fsp3) is 0.263. The van der Waals surface area contributed by atoms with E-state index in [-0.39, 0.29) is 30.1 Å². The molecule has 1 aliphatic heterocycles. The standard InChI is InChI=1S/C19H22N4O2.HI/c1-21-19(22-11-13-5-4-7-15(9-13)18(20)24)23-12-16-10-14-6-2-3-8-17(14)25-16;/h2-9,16H,10-12H2,1H3,(H2,20,24)(H2,21,22,23);1H. The van der Waals surface area contributed by atoms with E-state index in [1.807, 2.05) is 30.3 Å². The molecule has 0 saturated carbocycles. The Hall–Kier alpha value is -2.29. The van der Waals surface area contributed by atoms with Crippen molar-refractivity contribution in [1.29, 1.82) is 0 Å². The molecule has 0 fully saturated rings. The molecule has 7 heteroatoms. The van der Waals surface area contributed by atoms with E-state index in [2.05, 4.69) is 21.7 Å². The van der Waals surface area contributed by atoms with E-state index >= 15 is 0 Å². The molecule has 3 rings (SSSR count). The number of ether oxygens (including phenoxy) is 1. The largest absolute Gasteiger partial charge is 0.488 e. The Morgan fingerprint density at radius 1 is 1.23 bits per heavy atom. The van der Waals surface area contributed by atoms with Gasteiger partial charge in [-0.2, -0.15) is 0 Å². The van der Waals surface area contributed by atoms with Crippen molar-refractivity contribution in [3.63, 3.8) is 0 Å². The molecule has 1 unspecified atom stereocenters. The predicted octanol–water partition coefficient (Wildman–Crippen LogP) is 2.07. The van der Waals surface area contributed by atoms with Crippen molar-refractivity contribution >= 4 is 35.8 Å². The van der Waals surface area contributed by atoms with Gasteiger partial charge in [0.2, 0.25) is 5.91 Å². The van der Waals surface area contributed by atoms with Gasteiger partial charge in [0.25, 0.3) is 0 Å².